The molecular weight excluding hydrogens is 411 g/mol. The summed E-state index contributed by atoms with van der Waals surface area (Å²) in [6.45, 7) is 7.15. The van der Waals surface area contributed by atoms with Crippen molar-refractivity contribution >= 4 is 16.5 Å². The van der Waals surface area contributed by atoms with Gasteiger partial charge in [-0.05, 0) is 71.5 Å². The van der Waals surface area contributed by atoms with E-state index in [4.69, 9.17) is 4.74 Å². The van der Waals surface area contributed by atoms with E-state index < -0.39 is 11.7 Å². The number of ether oxygens (including phenoxy) is 1. The van der Waals surface area contributed by atoms with Crippen LogP contribution in [0.3, 0.4) is 0 Å². The van der Waals surface area contributed by atoms with E-state index in [0.717, 1.165) is 64.7 Å². The lowest BCUT2D eigenvalue weighted by Gasteiger charge is -2.13. The van der Waals surface area contributed by atoms with Crippen molar-refractivity contribution < 1.29 is 17.9 Å². The maximum atomic E-state index is 12.8. The number of fused-ring (bicyclic) bond motifs is 1. The zero-order chi connectivity index (χ0) is 23.7. The van der Waals surface area contributed by atoms with Crippen molar-refractivity contribution in [2.75, 3.05) is 20.8 Å². The molecule has 0 fully saturated rings. The maximum Gasteiger partial charge on any atom is 0.416 e. The highest BCUT2D eigenvalue weighted by Crippen LogP contribution is 2.32. The monoisotopic (exact) mass is 443 g/mol. The zero-order valence-corrected chi connectivity index (χ0v) is 19.4. The highest BCUT2D eigenvalue weighted by molar-refractivity contribution is 5.91. The van der Waals surface area contributed by atoms with E-state index in [1.54, 1.807) is 7.11 Å². The Morgan fingerprint density at radius 3 is 2.09 bits per heavy atom. The number of rotatable bonds is 6. The second kappa shape index (κ2) is 11.7. The van der Waals surface area contributed by atoms with E-state index in [1.165, 1.54) is 17.7 Å². The summed E-state index contributed by atoms with van der Waals surface area (Å²) in [5, 5.41) is 5.42. The molecule has 0 atom stereocenters. The number of methoxy groups -OCH3 is 1. The Morgan fingerprint density at radius 1 is 0.938 bits per heavy atom. The van der Waals surface area contributed by atoms with Gasteiger partial charge in [-0.2, -0.15) is 13.2 Å². The van der Waals surface area contributed by atoms with Crippen molar-refractivity contribution in [2.45, 2.75) is 39.8 Å². The summed E-state index contributed by atoms with van der Waals surface area (Å²) in [6.07, 6.45) is -0.118. The molecular formula is C27H32F3NO. The molecule has 0 heterocycles. The molecule has 0 spiro atoms. The van der Waals surface area contributed by atoms with Gasteiger partial charge in [0, 0.05) is 32.0 Å². The lowest BCUT2D eigenvalue weighted by Crippen LogP contribution is -2.06. The number of aryl methyl sites for hydroxylation is 1. The van der Waals surface area contributed by atoms with Crippen LogP contribution >= 0.6 is 0 Å². The van der Waals surface area contributed by atoms with E-state index in [-0.39, 0.29) is 0 Å². The van der Waals surface area contributed by atoms with Gasteiger partial charge in [-0.15, -0.1) is 0 Å². The molecule has 3 aromatic rings. The van der Waals surface area contributed by atoms with E-state index >= 15 is 0 Å². The van der Waals surface area contributed by atoms with Gasteiger partial charge >= 0.3 is 6.18 Å². The Bertz CT molecular complexity index is 1040. The molecule has 0 aliphatic rings. The molecule has 0 saturated heterocycles. The molecule has 0 unspecified atom stereocenters. The van der Waals surface area contributed by atoms with Crippen molar-refractivity contribution in [3.05, 3.63) is 77.4 Å². The predicted molar refractivity (Wildman–Crippen MR) is 129 cm³/mol. The Labute approximate surface area is 189 Å². The SMILES string of the molecule is CC/C=C(\NC)c1cc2cc(-c3ccc(C(F)(F)F)cc3)ccc2cc1C.CCCOC. The average Bonchev–Trinajstić information content (AvgIpc) is 2.77. The number of nitrogens with one attached hydrogen (secondary N) is 1. The number of alkyl halides is 3. The van der Waals surface area contributed by atoms with Crippen LogP contribution in [0.4, 0.5) is 13.2 Å². The van der Waals surface area contributed by atoms with Crippen LogP contribution in [0, 0.1) is 6.92 Å². The smallest absolute Gasteiger partial charge is 0.388 e. The van der Waals surface area contributed by atoms with Crippen LogP contribution in [-0.4, -0.2) is 20.8 Å². The Balaban J connectivity index is 0.000000654. The van der Waals surface area contributed by atoms with Crippen LogP contribution in [0.2, 0.25) is 0 Å². The summed E-state index contributed by atoms with van der Waals surface area (Å²) < 4.78 is 43.0. The van der Waals surface area contributed by atoms with Crippen molar-refractivity contribution in [2.24, 2.45) is 0 Å². The van der Waals surface area contributed by atoms with E-state index in [1.807, 2.05) is 25.2 Å². The third-order valence-corrected chi connectivity index (χ3v) is 5.11. The third kappa shape index (κ3) is 6.60. The van der Waals surface area contributed by atoms with Gasteiger partial charge in [-0.3, -0.25) is 0 Å². The van der Waals surface area contributed by atoms with Gasteiger partial charge in [0.2, 0.25) is 0 Å². The van der Waals surface area contributed by atoms with E-state index in [0.29, 0.717) is 0 Å². The quantitative estimate of drug-likeness (QED) is 0.419. The molecule has 3 rings (SSSR count). The highest BCUT2D eigenvalue weighted by Gasteiger charge is 2.29. The zero-order valence-electron chi connectivity index (χ0n) is 19.4. The summed E-state index contributed by atoms with van der Waals surface area (Å²) in [5.41, 5.74) is 4.43. The Morgan fingerprint density at radius 2 is 1.59 bits per heavy atom. The molecule has 0 bridgehead atoms. The molecule has 0 aliphatic carbocycles. The van der Waals surface area contributed by atoms with Gasteiger partial charge in [-0.25, -0.2) is 0 Å². The maximum absolute atomic E-state index is 12.8. The molecule has 32 heavy (non-hydrogen) atoms. The van der Waals surface area contributed by atoms with Gasteiger partial charge < -0.3 is 10.1 Å². The summed E-state index contributed by atoms with van der Waals surface area (Å²) in [6, 6.07) is 15.6. The second-order valence-corrected chi connectivity index (χ2v) is 7.57. The first-order chi connectivity index (χ1) is 15.2. The van der Waals surface area contributed by atoms with Crippen molar-refractivity contribution in [3.63, 3.8) is 0 Å². The normalized spacial score (nSPS) is 11.8. The number of hydrogen-bond donors (Lipinski definition) is 1. The molecule has 5 heteroatoms. The van der Waals surface area contributed by atoms with Crippen LogP contribution in [0.5, 0.6) is 0 Å². The summed E-state index contributed by atoms with van der Waals surface area (Å²) in [7, 11) is 3.62. The van der Waals surface area contributed by atoms with Gasteiger partial charge in [0.05, 0.1) is 5.56 Å². The molecule has 0 aromatic heterocycles. The fraction of sp³-hybridized carbons (Fsp3) is 0.333. The minimum absolute atomic E-state index is 0.631. The average molecular weight is 444 g/mol. The van der Waals surface area contributed by atoms with E-state index in [2.05, 4.69) is 44.3 Å². The molecule has 0 saturated carbocycles. The molecule has 172 valence electrons. The molecule has 1 N–H and O–H groups in total. The minimum Gasteiger partial charge on any atom is -0.388 e. The third-order valence-electron chi connectivity index (χ3n) is 5.11. The lowest BCUT2D eigenvalue weighted by atomic mass is 9.95. The van der Waals surface area contributed by atoms with Gasteiger partial charge in [0.25, 0.3) is 0 Å². The van der Waals surface area contributed by atoms with Crippen LogP contribution in [0.1, 0.15) is 43.4 Å². The molecule has 3 aromatic carbocycles. The molecule has 0 radical (unpaired) electrons. The number of halogens is 3. The fourth-order valence-electron chi connectivity index (χ4n) is 3.49. The largest absolute Gasteiger partial charge is 0.416 e. The predicted octanol–water partition coefficient (Wildman–Crippen LogP) is 7.85. The Hall–Kier alpha value is -2.79. The number of benzene rings is 3. The summed E-state index contributed by atoms with van der Waals surface area (Å²) in [4.78, 5) is 0. The lowest BCUT2D eigenvalue weighted by molar-refractivity contribution is -0.137. The standard InChI is InChI=1S/C23H22F3N.C4H10O/c1-4-5-22(27-3)21-14-19-13-18(7-6-17(19)12-15(21)2)16-8-10-20(11-9-16)23(24,25)26;1-3-4-5-2/h5-14,27H,4H2,1-3H3;3-4H2,1-2H3/b22-5-;. The summed E-state index contributed by atoms with van der Waals surface area (Å²) >= 11 is 0. The van der Waals surface area contributed by atoms with Crippen LogP contribution in [0.25, 0.3) is 27.6 Å². The fourth-order valence-corrected chi connectivity index (χ4v) is 3.49. The first-order valence-electron chi connectivity index (χ1n) is 10.8. The first kappa shape index (κ1) is 25.5. The van der Waals surface area contributed by atoms with Crippen molar-refractivity contribution in [1.29, 1.82) is 0 Å². The molecule has 2 nitrogen and oxygen atoms in total. The summed E-state index contributed by atoms with van der Waals surface area (Å²) in [5.74, 6) is 0. The number of hydrogen-bond acceptors (Lipinski definition) is 2. The van der Waals surface area contributed by atoms with Crippen molar-refractivity contribution in [3.8, 4) is 11.1 Å². The van der Waals surface area contributed by atoms with Crippen LogP contribution < -0.4 is 5.32 Å². The van der Waals surface area contributed by atoms with Crippen molar-refractivity contribution in [1.82, 2.24) is 5.32 Å². The number of allylic oxidation sites excluding steroid dienone is 1. The molecule has 0 aliphatic heterocycles. The van der Waals surface area contributed by atoms with Gasteiger partial charge in [-0.1, -0.05) is 50.3 Å². The first-order valence-corrected chi connectivity index (χ1v) is 10.8. The van der Waals surface area contributed by atoms with Crippen LogP contribution in [-0.2, 0) is 10.9 Å². The van der Waals surface area contributed by atoms with Gasteiger partial charge in [0.1, 0.15) is 0 Å². The topological polar surface area (TPSA) is 21.3 Å². The molecule has 0 amide bonds. The van der Waals surface area contributed by atoms with Crippen LogP contribution in [0.15, 0.2) is 60.7 Å². The minimum atomic E-state index is -4.32. The highest BCUT2D eigenvalue weighted by atomic mass is 19.4. The van der Waals surface area contributed by atoms with Gasteiger partial charge in [0.15, 0.2) is 0 Å². The second-order valence-electron chi connectivity index (χ2n) is 7.57. The Kier molecular flexibility index (Phi) is 9.33. The van der Waals surface area contributed by atoms with E-state index in [9.17, 15) is 13.2 Å².